The van der Waals surface area contributed by atoms with Crippen molar-refractivity contribution >= 4 is 39.9 Å². The Morgan fingerprint density at radius 3 is 2.30 bits per heavy atom. The molecule has 3 amide bonds. The molecule has 0 saturated heterocycles. The van der Waals surface area contributed by atoms with Crippen molar-refractivity contribution in [3.8, 4) is 0 Å². The number of nitrogens with zero attached hydrogens (tertiary/aromatic N) is 1. The Hall–Kier alpha value is -3.21. The van der Waals surface area contributed by atoms with Gasteiger partial charge in [-0.15, -0.1) is 0 Å². The van der Waals surface area contributed by atoms with E-state index in [0.717, 1.165) is 60.8 Å². The highest BCUT2D eigenvalue weighted by atomic mass is 32.2. The Bertz CT molecular complexity index is 1130. The van der Waals surface area contributed by atoms with Gasteiger partial charge in [-0.05, 0) is 50.1 Å². The lowest BCUT2D eigenvalue weighted by atomic mass is 9.95. The van der Waals surface area contributed by atoms with Crippen LogP contribution < -0.4 is 15.5 Å². The van der Waals surface area contributed by atoms with Gasteiger partial charge in [0.05, 0.1) is 5.56 Å². The van der Waals surface area contributed by atoms with Crippen LogP contribution in [0.1, 0.15) is 43.2 Å². The van der Waals surface area contributed by atoms with E-state index in [-0.39, 0.29) is 11.7 Å². The molecule has 0 heterocycles. The highest BCUT2D eigenvalue weighted by Gasteiger charge is 2.32. The second-order valence-corrected chi connectivity index (χ2v) is 10.5. The van der Waals surface area contributed by atoms with E-state index in [0.29, 0.717) is 5.69 Å². The number of benzene rings is 2. The average Bonchev–Trinajstić information content (AvgIpc) is 2.84. The van der Waals surface area contributed by atoms with Crippen molar-refractivity contribution in [3.05, 3.63) is 59.7 Å². The third-order valence-corrected chi connectivity index (χ3v) is 7.12. The monoisotopic (exact) mass is 537 g/mol. The summed E-state index contributed by atoms with van der Waals surface area (Å²) in [6, 6.07) is 11.0. The molecule has 7 nitrogen and oxygen atoms in total. The Balaban J connectivity index is 1.70. The molecule has 0 aliphatic heterocycles. The molecule has 1 atom stereocenters. The molecule has 0 radical (unpaired) electrons. The number of rotatable bonds is 9. The van der Waals surface area contributed by atoms with E-state index < -0.39 is 58.3 Å². The molecule has 11 heteroatoms. The summed E-state index contributed by atoms with van der Waals surface area (Å²) in [6.07, 6.45) is -0.0566. The van der Waals surface area contributed by atoms with Crippen molar-refractivity contribution in [2.75, 3.05) is 28.3 Å². The Morgan fingerprint density at radius 2 is 1.65 bits per heavy atom. The summed E-state index contributed by atoms with van der Waals surface area (Å²) in [5.74, 6) is -3.02. The number of amides is 3. The number of carbonyl (C=O) groups excluding carboxylic acids is 3. The second kappa shape index (κ2) is 12.8. The van der Waals surface area contributed by atoms with Gasteiger partial charge in [-0.25, -0.2) is 0 Å². The molecule has 0 spiro atoms. The molecule has 0 bridgehead atoms. The molecule has 200 valence electrons. The largest absolute Gasteiger partial charge is 0.416 e. The van der Waals surface area contributed by atoms with Crippen LogP contribution in [0.4, 0.5) is 24.5 Å². The lowest BCUT2D eigenvalue weighted by molar-refractivity contribution is -0.137. The standard InChI is InChI=1S/C26H30F3N3O4S/c1-18-10-12-21(13-11-18)31-24(34)16-37(36)17-25(35)32(15-23(33)30-20-7-3-2-4-8-20)22-9-5-6-19(14-22)26(27,28)29/h5-6,9-14,20H,2-4,7-8,15-17H2,1H3,(H,30,33)(H,31,34). The van der Waals surface area contributed by atoms with Crippen LogP contribution >= 0.6 is 0 Å². The van der Waals surface area contributed by atoms with Crippen molar-refractivity contribution in [2.24, 2.45) is 0 Å². The fourth-order valence-electron chi connectivity index (χ4n) is 4.08. The Morgan fingerprint density at radius 1 is 0.973 bits per heavy atom. The van der Waals surface area contributed by atoms with Gasteiger partial charge in [-0.1, -0.05) is 43.0 Å². The van der Waals surface area contributed by atoms with Crippen LogP contribution in [0, 0.1) is 6.92 Å². The molecule has 1 saturated carbocycles. The van der Waals surface area contributed by atoms with Gasteiger partial charge in [0, 0.05) is 28.2 Å². The zero-order valence-corrected chi connectivity index (χ0v) is 21.3. The highest BCUT2D eigenvalue weighted by molar-refractivity contribution is 7.86. The fourth-order valence-corrected chi connectivity index (χ4v) is 4.98. The molecule has 1 aliphatic carbocycles. The van der Waals surface area contributed by atoms with Crippen molar-refractivity contribution in [2.45, 2.75) is 51.2 Å². The van der Waals surface area contributed by atoms with Crippen molar-refractivity contribution < 1.29 is 31.8 Å². The average molecular weight is 538 g/mol. The van der Waals surface area contributed by atoms with Gasteiger partial charge >= 0.3 is 6.18 Å². The quantitative estimate of drug-likeness (QED) is 0.502. The summed E-state index contributed by atoms with van der Waals surface area (Å²) in [7, 11) is -1.95. The summed E-state index contributed by atoms with van der Waals surface area (Å²) >= 11 is 0. The molecule has 2 aromatic carbocycles. The first-order valence-electron chi connectivity index (χ1n) is 12.0. The number of hydrogen-bond acceptors (Lipinski definition) is 4. The first-order valence-corrected chi connectivity index (χ1v) is 13.5. The smallest absolute Gasteiger partial charge is 0.352 e. The molecule has 1 aliphatic rings. The molecule has 1 fully saturated rings. The first kappa shape index (κ1) is 28.4. The summed E-state index contributed by atoms with van der Waals surface area (Å²) in [5.41, 5.74) is 0.382. The number of hydrogen-bond donors (Lipinski definition) is 2. The number of carbonyl (C=O) groups is 3. The van der Waals surface area contributed by atoms with E-state index in [9.17, 15) is 31.8 Å². The van der Waals surface area contributed by atoms with Gasteiger partial charge in [-0.2, -0.15) is 13.2 Å². The Kier molecular flexibility index (Phi) is 9.85. The molecule has 37 heavy (non-hydrogen) atoms. The van der Waals surface area contributed by atoms with E-state index in [2.05, 4.69) is 10.6 Å². The molecular weight excluding hydrogens is 507 g/mol. The maximum atomic E-state index is 13.3. The number of halogens is 3. The lowest BCUT2D eigenvalue weighted by Gasteiger charge is -2.26. The van der Waals surface area contributed by atoms with Crippen LogP contribution in [0.3, 0.4) is 0 Å². The van der Waals surface area contributed by atoms with Crippen LogP contribution in [-0.4, -0.2) is 46.0 Å². The SMILES string of the molecule is Cc1ccc(NC(=O)CS(=O)CC(=O)N(CC(=O)NC2CCCCC2)c2cccc(C(F)(F)F)c2)cc1. The first-order chi connectivity index (χ1) is 17.5. The number of alkyl halides is 3. The number of aryl methyl sites for hydroxylation is 1. The van der Waals surface area contributed by atoms with E-state index in [1.807, 2.05) is 6.92 Å². The molecule has 0 aromatic heterocycles. The third-order valence-electron chi connectivity index (χ3n) is 5.97. The topological polar surface area (TPSA) is 95.6 Å². The van der Waals surface area contributed by atoms with Crippen LogP contribution in [0.25, 0.3) is 0 Å². The number of nitrogens with one attached hydrogen (secondary N) is 2. The summed E-state index contributed by atoms with van der Waals surface area (Å²) in [4.78, 5) is 38.9. The number of anilines is 2. The lowest BCUT2D eigenvalue weighted by Crippen LogP contribution is -2.46. The molecule has 3 rings (SSSR count). The van der Waals surface area contributed by atoms with E-state index >= 15 is 0 Å². The maximum Gasteiger partial charge on any atom is 0.416 e. The summed E-state index contributed by atoms with van der Waals surface area (Å²) < 4.78 is 52.4. The minimum atomic E-state index is -4.65. The molecule has 2 N–H and O–H groups in total. The molecule has 2 aromatic rings. The molecular formula is C26H30F3N3O4S. The van der Waals surface area contributed by atoms with Gasteiger partial charge in [0.2, 0.25) is 17.7 Å². The van der Waals surface area contributed by atoms with Crippen LogP contribution in [0.5, 0.6) is 0 Å². The van der Waals surface area contributed by atoms with Crippen LogP contribution in [0.2, 0.25) is 0 Å². The normalized spacial score (nSPS) is 15.0. The van der Waals surface area contributed by atoms with E-state index in [4.69, 9.17) is 0 Å². The van der Waals surface area contributed by atoms with Crippen LogP contribution in [-0.2, 0) is 31.4 Å². The van der Waals surface area contributed by atoms with Crippen molar-refractivity contribution in [3.63, 3.8) is 0 Å². The Labute approximate surface area is 216 Å². The summed E-state index contributed by atoms with van der Waals surface area (Å²) in [6.45, 7) is 1.36. The maximum absolute atomic E-state index is 13.3. The van der Waals surface area contributed by atoms with Gasteiger partial charge < -0.3 is 15.5 Å². The van der Waals surface area contributed by atoms with Crippen molar-refractivity contribution in [1.29, 1.82) is 0 Å². The zero-order valence-electron chi connectivity index (χ0n) is 20.5. The van der Waals surface area contributed by atoms with Gasteiger partial charge in [-0.3, -0.25) is 18.6 Å². The predicted molar refractivity (Wildman–Crippen MR) is 136 cm³/mol. The fraction of sp³-hybridized carbons (Fsp3) is 0.423. The van der Waals surface area contributed by atoms with Gasteiger partial charge in [0.15, 0.2) is 0 Å². The van der Waals surface area contributed by atoms with Crippen LogP contribution in [0.15, 0.2) is 48.5 Å². The highest BCUT2D eigenvalue weighted by Crippen LogP contribution is 2.31. The van der Waals surface area contributed by atoms with Gasteiger partial charge in [0.25, 0.3) is 0 Å². The predicted octanol–water partition coefficient (Wildman–Crippen LogP) is 4.18. The van der Waals surface area contributed by atoms with E-state index in [1.165, 1.54) is 6.07 Å². The van der Waals surface area contributed by atoms with Gasteiger partial charge in [0.1, 0.15) is 18.1 Å². The zero-order chi connectivity index (χ0) is 27.0. The second-order valence-electron chi connectivity index (χ2n) is 9.07. The third kappa shape index (κ3) is 8.99. The van der Waals surface area contributed by atoms with Crippen molar-refractivity contribution in [1.82, 2.24) is 5.32 Å². The molecule has 1 unspecified atom stereocenters. The minimum absolute atomic E-state index is 0.0562. The minimum Gasteiger partial charge on any atom is -0.352 e. The summed E-state index contributed by atoms with van der Waals surface area (Å²) in [5, 5.41) is 5.43. The van der Waals surface area contributed by atoms with E-state index in [1.54, 1.807) is 24.3 Å².